The Morgan fingerprint density at radius 3 is 0.794 bits per heavy atom. The van der Waals surface area contributed by atoms with Crippen LogP contribution in [-0.2, 0) is 0 Å². The van der Waals surface area contributed by atoms with E-state index in [9.17, 15) is 0 Å². The maximum Gasteiger partial charge on any atom is 0.160 e. The molecule has 12 heteroatoms. The van der Waals surface area contributed by atoms with Crippen molar-refractivity contribution in [3.05, 3.63) is 329 Å². The molecule has 22 aromatic rings. The highest BCUT2D eigenvalue weighted by atomic mass is 15.1. The minimum atomic E-state index is 0.633. The fraction of sp³-hybridized carbons (Fsp3) is 0. The minimum absolute atomic E-state index is 0.633. The van der Waals surface area contributed by atoms with Crippen LogP contribution in [-0.4, -0.2) is 57.3 Å². The molecule has 0 N–H and O–H groups in total. The first-order valence-electron chi connectivity index (χ1n) is 34.3. The molecule has 0 atom stereocenters. The molecule has 0 saturated carbocycles. The van der Waals surface area contributed by atoms with Gasteiger partial charge < -0.3 is 27.4 Å². The van der Waals surface area contributed by atoms with Crippen molar-refractivity contribution >= 4 is 131 Å². The molecule has 0 unspecified atom stereocenters. The number of hydrogen-bond donors (Lipinski definition) is 0. The second-order valence-corrected chi connectivity index (χ2v) is 26.4. The third-order valence-electron chi connectivity index (χ3n) is 20.9. The van der Waals surface area contributed by atoms with Gasteiger partial charge in [0.05, 0.1) is 102 Å². The fourth-order valence-electron chi connectivity index (χ4n) is 16.6. The van der Waals surface area contributed by atoms with Crippen LogP contribution in [0.4, 0.5) is 0 Å². The lowest BCUT2D eigenvalue weighted by atomic mass is 10.0. The summed E-state index contributed by atoms with van der Waals surface area (Å²) >= 11 is 0. The second-order valence-electron chi connectivity index (χ2n) is 26.4. The van der Waals surface area contributed by atoms with Gasteiger partial charge in [-0.15, -0.1) is 0 Å². The zero-order valence-corrected chi connectivity index (χ0v) is 54.5. The zero-order valence-electron chi connectivity index (χ0n) is 54.5. The number of fused-ring (bicyclic) bond motifs is 18. The molecule has 0 aliphatic carbocycles. The van der Waals surface area contributed by atoms with E-state index in [2.05, 4.69) is 300 Å². The van der Waals surface area contributed by atoms with Crippen LogP contribution in [0.25, 0.3) is 199 Å². The predicted molar refractivity (Wildman–Crippen MR) is 416 cm³/mol. The summed E-state index contributed by atoms with van der Waals surface area (Å²) in [6.45, 7) is 0. The van der Waals surface area contributed by atoms with Crippen LogP contribution in [0.3, 0.4) is 0 Å². The Labute approximate surface area is 581 Å². The van der Waals surface area contributed by atoms with Gasteiger partial charge in [-0.2, -0.15) is 0 Å². The van der Waals surface area contributed by atoms with Crippen LogP contribution >= 0.6 is 0 Å². The summed E-state index contributed by atoms with van der Waals surface area (Å²) in [6.07, 6.45) is 15.5. The predicted octanol–water partition coefficient (Wildman–Crippen LogP) is 21.6. The topological polar surface area (TPSA) is 107 Å². The van der Waals surface area contributed by atoms with E-state index in [1.54, 1.807) is 0 Å². The van der Waals surface area contributed by atoms with E-state index in [1.165, 1.54) is 21.5 Å². The van der Waals surface area contributed by atoms with Crippen LogP contribution in [0, 0.1) is 0 Å². The third kappa shape index (κ3) is 8.25. The van der Waals surface area contributed by atoms with Gasteiger partial charge in [0.2, 0.25) is 0 Å². The van der Waals surface area contributed by atoms with Gasteiger partial charge in [-0.25, -0.2) is 9.97 Å². The summed E-state index contributed by atoms with van der Waals surface area (Å²) in [7, 11) is 0. The summed E-state index contributed by atoms with van der Waals surface area (Å²) in [5, 5.41) is 13.6. The number of pyridine rings is 4. The quantitative estimate of drug-likeness (QED) is 0.142. The van der Waals surface area contributed by atoms with Crippen molar-refractivity contribution in [3.63, 3.8) is 0 Å². The lowest BCUT2D eigenvalue weighted by Crippen LogP contribution is -2.02. The Morgan fingerprint density at radius 2 is 0.451 bits per heavy atom. The van der Waals surface area contributed by atoms with E-state index in [1.807, 2.05) is 55.6 Å². The monoisotopic (exact) mass is 1300 g/mol. The van der Waals surface area contributed by atoms with Gasteiger partial charge in [-0.3, -0.25) is 19.9 Å². The van der Waals surface area contributed by atoms with Crippen molar-refractivity contribution < 1.29 is 0 Å². The van der Waals surface area contributed by atoms with E-state index < -0.39 is 0 Å². The summed E-state index contributed by atoms with van der Waals surface area (Å²) in [5.41, 5.74) is 23.2. The molecule has 474 valence electrons. The van der Waals surface area contributed by atoms with Gasteiger partial charge in [0.1, 0.15) is 0 Å². The molecular formula is C90H54N12. The average molecular weight is 1300 g/mol. The molecular weight excluding hydrogens is 1250 g/mol. The maximum atomic E-state index is 5.59. The van der Waals surface area contributed by atoms with E-state index in [-0.39, 0.29) is 0 Å². The van der Waals surface area contributed by atoms with Crippen molar-refractivity contribution in [2.24, 2.45) is 0 Å². The van der Waals surface area contributed by atoms with Crippen LogP contribution in [0.5, 0.6) is 0 Å². The first-order chi connectivity index (χ1) is 50.6. The summed E-state index contributed by atoms with van der Waals surface area (Å²) in [5.74, 6) is 0.633. The van der Waals surface area contributed by atoms with Gasteiger partial charge in [0, 0.05) is 140 Å². The van der Waals surface area contributed by atoms with Crippen molar-refractivity contribution in [1.82, 2.24) is 57.3 Å². The van der Waals surface area contributed by atoms with Crippen molar-refractivity contribution in [1.29, 1.82) is 0 Å². The molecule has 12 nitrogen and oxygen atoms in total. The molecule has 11 aromatic heterocycles. The van der Waals surface area contributed by atoms with Crippen LogP contribution in [0.2, 0.25) is 0 Å². The van der Waals surface area contributed by atoms with E-state index >= 15 is 0 Å². The summed E-state index contributed by atoms with van der Waals surface area (Å²) in [6, 6.07) is 101. The number of benzene rings is 11. The van der Waals surface area contributed by atoms with Gasteiger partial charge in [0.15, 0.2) is 5.82 Å². The highest BCUT2D eigenvalue weighted by Gasteiger charge is 2.25. The van der Waals surface area contributed by atoms with E-state index in [0.717, 1.165) is 171 Å². The first-order valence-corrected chi connectivity index (χ1v) is 34.3. The molecule has 0 amide bonds. The first kappa shape index (κ1) is 56.0. The molecule has 102 heavy (non-hydrogen) atoms. The Bertz CT molecular complexity index is 6290. The number of aromatic nitrogens is 12. The lowest BCUT2D eigenvalue weighted by Gasteiger charge is -2.17. The number of rotatable bonds is 9. The summed E-state index contributed by atoms with van der Waals surface area (Å²) < 4.78 is 14.4. The molecule has 0 saturated heterocycles. The molecule has 0 aliphatic heterocycles. The SMILES string of the molecule is c1ccc(-c2cc(-c3cc(-n4c5ccc(-n6c7ccccc7c7ccncc76)cc5c5cc(-n6c7ccccc7c7ccncc76)ccc54)cc(-n4c5ccc(-n6c7ccccc7c7ccncc76)cc5c5cc(-n6c7ccccc7c7ccncc76)ccc54)c3)nc(-c3ccccc3)n2)cc1. The van der Waals surface area contributed by atoms with Gasteiger partial charge >= 0.3 is 0 Å². The Balaban J connectivity index is 0.850. The van der Waals surface area contributed by atoms with Crippen molar-refractivity contribution in [3.8, 4) is 68.0 Å². The van der Waals surface area contributed by atoms with Crippen molar-refractivity contribution in [2.45, 2.75) is 0 Å². The molecule has 0 spiro atoms. The van der Waals surface area contributed by atoms with E-state index in [4.69, 9.17) is 29.9 Å². The molecule has 0 bridgehead atoms. The number of nitrogens with zero attached hydrogens (tertiary/aromatic N) is 12. The third-order valence-corrected chi connectivity index (χ3v) is 20.9. The van der Waals surface area contributed by atoms with Gasteiger partial charge in [-0.1, -0.05) is 133 Å². The molecule has 11 aromatic carbocycles. The average Bonchev–Trinajstić information content (AvgIpc) is 1.56. The minimum Gasteiger partial charge on any atom is -0.309 e. The zero-order chi connectivity index (χ0) is 66.7. The molecule has 22 rings (SSSR count). The smallest absolute Gasteiger partial charge is 0.160 e. The Morgan fingerprint density at radius 1 is 0.176 bits per heavy atom. The standard InChI is InChI=1S/C90H54N12/c1-3-15-55(16-4-1)76-50-77(96-90(95-76)56-17-5-2-6-18-56)57-43-62(101-82-31-27-58(97-78-23-11-7-19-64(78)68-35-39-91-51-86(68)97)46-72(82)73-47-59(28-32-83(73)101)98-79-24-12-8-20-65(79)69-36-40-92-52-87(69)98)45-63(44-57)102-84-33-29-60(99-80-25-13-9-21-66(80)70-37-41-93-53-88(70)99)48-74(84)75-49-61(30-34-85(75)102)100-81-26-14-10-22-67(81)71-38-42-94-54-89(71)100/h1-54H. The second kappa shape index (κ2) is 21.7. The summed E-state index contributed by atoms with van der Waals surface area (Å²) in [4.78, 5) is 29.8. The van der Waals surface area contributed by atoms with Gasteiger partial charge in [-0.05, 0) is 146 Å². The van der Waals surface area contributed by atoms with Crippen LogP contribution < -0.4 is 0 Å². The van der Waals surface area contributed by atoms with Crippen LogP contribution in [0.15, 0.2) is 329 Å². The maximum absolute atomic E-state index is 5.59. The highest BCUT2D eigenvalue weighted by Crippen LogP contribution is 2.45. The molecule has 0 fully saturated rings. The Kier molecular flexibility index (Phi) is 11.9. The molecule has 11 heterocycles. The largest absolute Gasteiger partial charge is 0.309 e. The Hall–Kier alpha value is -14.1. The normalized spacial score (nSPS) is 12.1. The van der Waals surface area contributed by atoms with Crippen LogP contribution in [0.1, 0.15) is 0 Å². The van der Waals surface area contributed by atoms with E-state index in [0.29, 0.717) is 5.82 Å². The number of para-hydroxylation sites is 4. The fourth-order valence-corrected chi connectivity index (χ4v) is 16.6. The van der Waals surface area contributed by atoms with Gasteiger partial charge in [0.25, 0.3) is 0 Å². The highest BCUT2D eigenvalue weighted by molar-refractivity contribution is 6.17. The molecule has 0 radical (unpaired) electrons. The van der Waals surface area contributed by atoms with Crippen molar-refractivity contribution in [2.75, 3.05) is 0 Å². The number of hydrogen-bond acceptors (Lipinski definition) is 6. The molecule has 0 aliphatic rings. The lowest BCUT2D eigenvalue weighted by molar-refractivity contribution is 1.12.